The normalized spacial score (nSPS) is 11.0. The Morgan fingerprint density at radius 3 is 1.32 bits per heavy atom. The maximum Gasteiger partial charge on any atom is 0.162 e. The van der Waals surface area contributed by atoms with Gasteiger partial charge in [-0.1, -0.05) is 27.7 Å². The predicted octanol–water partition coefficient (Wildman–Crippen LogP) is 6.77. The molecule has 0 saturated carbocycles. The molecule has 0 heterocycles. The van der Waals surface area contributed by atoms with Crippen LogP contribution in [0.4, 0.5) is 0 Å². The van der Waals surface area contributed by atoms with Gasteiger partial charge in [-0.2, -0.15) is 0 Å². The zero-order valence-electron chi connectivity index (χ0n) is 19.4. The molecule has 0 amide bonds. The average molecular weight is 425 g/mol. The van der Waals surface area contributed by atoms with E-state index in [4.69, 9.17) is 9.47 Å². The number of benzene rings is 2. The van der Waals surface area contributed by atoms with Gasteiger partial charge in [-0.05, 0) is 79.6 Å². The van der Waals surface area contributed by atoms with E-state index in [0.717, 1.165) is 24.3 Å². The Balaban J connectivity index is 1.73. The number of hydrogen-bond donors (Lipinski definition) is 0. The Labute approximate surface area is 187 Å². The molecule has 0 fully saturated rings. The van der Waals surface area contributed by atoms with Crippen molar-refractivity contribution < 1.29 is 19.1 Å². The third kappa shape index (κ3) is 9.37. The van der Waals surface area contributed by atoms with Gasteiger partial charge >= 0.3 is 0 Å². The summed E-state index contributed by atoms with van der Waals surface area (Å²) in [7, 11) is 0. The van der Waals surface area contributed by atoms with Gasteiger partial charge in [-0.25, -0.2) is 0 Å². The molecule has 0 spiro atoms. The minimum absolute atomic E-state index is 0.0513. The third-order valence-electron chi connectivity index (χ3n) is 5.09. The number of Topliss-reactive ketones (excluding diaryl/α,β-unsaturated/α-hetero) is 2. The van der Waals surface area contributed by atoms with E-state index in [1.807, 2.05) is 24.3 Å². The van der Waals surface area contributed by atoms with Gasteiger partial charge in [0.05, 0.1) is 13.2 Å². The second kappa shape index (κ2) is 12.9. The Bertz CT molecular complexity index is 735. The first-order chi connectivity index (χ1) is 14.8. The first-order valence-electron chi connectivity index (χ1n) is 11.4. The molecule has 2 rings (SSSR count). The minimum Gasteiger partial charge on any atom is -0.494 e. The molecular formula is C27H36O4. The molecule has 2 aromatic carbocycles. The predicted molar refractivity (Wildman–Crippen MR) is 125 cm³/mol. The number of rotatable bonds is 14. The molecule has 0 N–H and O–H groups in total. The van der Waals surface area contributed by atoms with E-state index in [1.54, 1.807) is 24.3 Å². The standard InChI is InChI=1S/C27H36O4/c1-20(2)16-18-30-24-12-8-22(9-13-24)26(28)6-5-7-27(29)23-10-14-25(15-11-23)31-19-17-21(3)4/h8-15,20-21H,5-7,16-19H2,1-4H3. The van der Waals surface area contributed by atoms with Crippen molar-refractivity contribution in [1.82, 2.24) is 0 Å². The highest BCUT2D eigenvalue weighted by Crippen LogP contribution is 2.18. The van der Waals surface area contributed by atoms with Crippen molar-refractivity contribution in [2.45, 2.75) is 59.8 Å². The summed E-state index contributed by atoms with van der Waals surface area (Å²) in [6.45, 7) is 10.0. The second-order valence-corrected chi connectivity index (χ2v) is 8.81. The van der Waals surface area contributed by atoms with Crippen LogP contribution in [-0.4, -0.2) is 24.8 Å². The van der Waals surface area contributed by atoms with Crippen LogP contribution in [0.1, 0.15) is 80.5 Å². The Hall–Kier alpha value is -2.62. The monoisotopic (exact) mass is 424 g/mol. The second-order valence-electron chi connectivity index (χ2n) is 8.81. The fourth-order valence-corrected chi connectivity index (χ4v) is 3.00. The fourth-order valence-electron chi connectivity index (χ4n) is 3.00. The van der Waals surface area contributed by atoms with E-state index in [2.05, 4.69) is 27.7 Å². The molecule has 0 aromatic heterocycles. The van der Waals surface area contributed by atoms with Crippen LogP contribution >= 0.6 is 0 Å². The van der Waals surface area contributed by atoms with Crippen LogP contribution in [0.3, 0.4) is 0 Å². The van der Waals surface area contributed by atoms with Crippen molar-refractivity contribution in [2.75, 3.05) is 13.2 Å². The van der Waals surface area contributed by atoms with Crippen molar-refractivity contribution >= 4 is 11.6 Å². The Morgan fingerprint density at radius 2 is 1.00 bits per heavy atom. The SMILES string of the molecule is CC(C)CCOc1ccc(C(=O)CCCC(=O)c2ccc(OCCC(C)C)cc2)cc1. The summed E-state index contributed by atoms with van der Waals surface area (Å²) < 4.78 is 11.4. The number of ketones is 2. The van der Waals surface area contributed by atoms with Gasteiger partial charge in [0.1, 0.15) is 11.5 Å². The van der Waals surface area contributed by atoms with Gasteiger partial charge in [0.2, 0.25) is 0 Å². The smallest absolute Gasteiger partial charge is 0.162 e. The summed E-state index contributed by atoms with van der Waals surface area (Å²) in [5.74, 6) is 2.87. The van der Waals surface area contributed by atoms with Crippen molar-refractivity contribution in [3.05, 3.63) is 59.7 Å². The fraction of sp³-hybridized carbons (Fsp3) is 0.481. The van der Waals surface area contributed by atoms with Crippen LogP contribution in [0, 0.1) is 11.8 Å². The highest BCUT2D eigenvalue weighted by molar-refractivity contribution is 5.98. The van der Waals surface area contributed by atoms with Crippen molar-refractivity contribution in [2.24, 2.45) is 11.8 Å². The van der Waals surface area contributed by atoms with Crippen LogP contribution in [0.5, 0.6) is 11.5 Å². The molecule has 0 aliphatic carbocycles. The Kier molecular flexibility index (Phi) is 10.3. The van der Waals surface area contributed by atoms with Gasteiger partial charge in [-0.15, -0.1) is 0 Å². The molecule has 0 unspecified atom stereocenters. The molecule has 0 aliphatic heterocycles. The summed E-state index contributed by atoms with van der Waals surface area (Å²) in [6, 6.07) is 14.5. The van der Waals surface area contributed by atoms with Crippen LogP contribution in [-0.2, 0) is 0 Å². The molecule has 0 bridgehead atoms. The quantitative estimate of drug-likeness (QED) is 0.314. The van der Waals surface area contributed by atoms with Gasteiger partial charge in [0.15, 0.2) is 11.6 Å². The van der Waals surface area contributed by atoms with Crippen molar-refractivity contribution in [1.29, 1.82) is 0 Å². The summed E-state index contributed by atoms with van der Waals surface area (Å²) in [6.07, 6.45) is 3.26. The maximum absolute atomic E-state index is 12.4. The summed E-state index contributed by atoms with van der Waals surface area (Å²) in [5, 5.41) is 0. The molecule has 0 saturated heterocycles. The van der Waals surface area contributed by atoms with Crippen LogP contribution in [0.25, 0.3) is 0 Å². The lowest BCUT2D eigenvalue weighted by Gasteiger charge is -2.09. The molecule has 168 valence electrons. The lowest BCUT2D eigenvalue weighted by molar-refractivity contribution is 0.0957. The van der Waals surface area contributed by atoms with E-state index in [9.17, 15) is 9.59 Å². The summed E-state index contributed by atoms with van der Waals surface area (Å²) in [5.41, 5.74) is 1.32. The number of ether oxygens (including phenoxy) is 2. The van der Waals surface area contributed by atoms with Crippen LogP contribution in [0.15, 0.2) is 48.5 Å². The van der Waals surface area contributed by atoms with Crippen LogP contribution in [0.2, 0.25) is 0 Å². The molecule has 0 radical (unpaired) electrons. The van der Waals surface area contributed by atoms with Gasteiger partial charge in [-0.3, -0.25) is 9.59 Å². The largest absolute Gasteiger partial charge is 0.494 e. The molecule has 2 aromatic rings. The average Bonchev–Trinajstić information content (AvgIpc) is 2.74. The molecule has 4 nitrogen and oxygen atoms in total. The van der Waals surface area contributed by atoms with Crippen molar-refractivity contribution in [3.63, 3.8) is 0 Å². The van der Waals surface area contributed by atoms with Crippen LogP contribution < -0.4 is 9.47 Å². The zero-order valence-corrected chi connectivity index (χ0v) is 19.4. The summed E-state index contributed by atoms with van der Waals surface area (Å²) in [4.78, 5) is 24.8. The molecule has 0 aliphatic rings. The third-order valence-corrected chi connectivity index (χ3v) is 5.09. The molecule has 4 heteroatoms. The van der Waals surface area contributed by atoms with E-state index in [0.29, 0.717) is 55.4 Å². The first-order valence-corrected chi connectivity index (χ1v) is 11.4. The minimum atomic E-state index is 0.0513. The molecular weight excluding hydrogens is 388 g/mol. The lowest BCUT2D eigenvalue weighted by atomic mass is 10.0. The highest BCUT2D eigenvalue weighted by Gasteiger charge is 2.10. The Morgan fingerprint density at radius 1 is 0.645 bits per heavy atom. The molecule has 31 heavy (non-hydrogen) atoms. The lowest BCUT2D eigenvalue weighted by Crippen LogP contribution is -2.04. The summed E-state index contributed by atoms with van der Waals surface area (Å²) >= 11 is 0. The van der Waals surface area contributed by atoms with Gasteiger partial charge in [0, 0.05) is 24.0 Å². The van der Waals surface area contributed by atoms with Gasteiger partial charge in [0.25, 0.3) is 0 Å². The van der Waals surface area contributed by atoms with Crippen molar-refractivity contribution in [3.8, 4) is 11.5 Å². The van der Waals surface area contributed by atoms with E-state index < -0.39 is 0 Å². The zero-order chi connectivity index (χ0) is 22.6. The number of carbonyl (C=O) groups is 2. The van der Waals surface area contributed by atoms with E-state index in [1.165, 1.54) is 0 Å². The van der Waals surface area contributed by atoms with E-state index in [-0.39, 0.29) is 11.6 Å². The maximum atomic E-state index is 12.4. The molecule has 0 atom stereocenters. The number of carbonyl (C=O) groups excluding carboxylic acids is 2. The number of hydrogen-bond acceptors (Lipinski definition) is 4. The topological polar surface area (TPSA) is 52.6 Å². The van der Waals surface area contributed by atoms with Gasteiger partial charge < -0.3 is 9.47 Å². The van der Waals surface area contributed by atoms with E-state index >= 15 is 0 Å². The first kappa shape index (κ1) is 24.6. The highest BCUT2D eigenvalue weighted by atomic mass is 16.5.